The number of fused-ring (bicyclic) bond motifs is 1. The zero-order valence-electron chi connectivity index (χ0n) is 9.71. The van der Waals surface area contributed by atoms with Gasteiger partial charge in [-0.25, -0.2) is 9.97 Å². The molecule has 1 aliphatic rings. The van der Waals surface area contributed by atoms with Gasteiger partial charge in [0.15, 0.2) is 11.5 Å². The maximum Gasteiger partial charge on any atom is 0.180 e. The molecule has 1 atom stereocenters. The van der Waals surface area contributed by atoms with Gasteiger partial charge in [0.1, 0.15) is 5.82 Å². The van der Waals surface area contributed by atoms with Crippen molar-refractivity contribution < 1.29 is 4.74 Å². The molecule has 17 heavy (non-hydrogen) atoms. The first-order chi connectivity index (χ1) is 8.24. The van der Waals surface area contributed by atoms with E-state index >= 15 is 0 Å². The van der Waals surface area contributed by atoms with E-state index in [4.69, 9.17) is 10.5 Å². The van der Waals surface area contributed by atoms with Crippen LogP contribution in [-0.2, 0) is 4.74 Å². The van der Waals surface area contributed by atoms with Crippen molar-refractivity contribution in [2.75, 3.05) is 30.3 Å². The standard InChI is InChI=1S/C11H15N5O/c1-8-6-16(4-5-17-8)11-10-13-2-3-15(10)7-9(12)14-11/h2-3,7-8H,4-6,12H2,1H3/t8-/m1/s1. The average molecular weight is 233 g/mol. The largest absolute Gasteiger partial charge is 0.382 e. The Balaban J connectivity index is 2.06. The summed E-state index contributed by atoms with van der Waals surface area (Å²) in [4.78, 5) is 10.9. The fraction of sp³-hybridized carbons (Fsp3) is 0.455. The molecular formula is C11H15N5O. The molecule has 0 aromatic carbocycles. The summed E-state index contributed by atoms with van der Waals surface area (Å²) >= 11 is 0. The van der Waals surface area contributed by atoms with E-state index in [0.717, 1.165) is 24.6 Å². The van der Waals surface area contributed by atoms with E-state index in [9.17, 15) is 0 Å². The van der Waals surface area contributed by atoms with Crippen molar-refractivity contribution in [2.24, 2.45) is 0 Å². The summed E-state index contributed by atoms with van der Waals surface area (Å²) in [6, 6.07) is 0. The summed E-state index contributed by atoms with van der Waals surface area (Å²) in [6.45, 7) is 4.41. The van der Waals surface area contributed by atoms with Crippen LogP contribution in [0.2, 0.25) is 0 Å². The third-order valence-electron chi connectivity index (χ3n) is 2.92. The smallest absolute Gasteiger partial charge is 0.180 e. The maximum atomic E-state index is 5.81. The van der Waals surface area contributed by atoms with E-state index in [1.54, 1.807) is 12.4 Å². The second-order valence-electron chi connectivity index (χ2n) is 4.27. The van der Waals surface area contributed by atoms with E-state index < -0.39 is 0 Å². The molecule has 1 fully saturated rings. The molecule has 2 N–H and O–H groups in total. The molecule has 90 valence electrons. The summed E-state index contributed by atoms with van der Waals surface area (Å²) in [5.41, 5.74) is 6.65. The van der Waals surface area contributed by atoms with Crippen LogP contribution in [0.25, 0.3) is 5.65 Å². The molecule has 0 amide bonds. The van der Waals surface area contributed by atoms with Crippen LogP contribution in [-0.4, -0.2) is 40.2 Å². The van der Waals surface area contributed by atoms with Crippen molar-refractivity contribution in [3.63, 3.8) is 0 Å². The van der Waals surface area contributed by atoms with Crippen LogP contribution in [0.1, 0.15) is 6.92 Å². The minimum Gasteiger partial charge on any atom is -0.382 e. The highest BCUT2D eigenvalue weighted by atomic mass is 16.5. The lowest BCUT2D eigenvalue weighted by molar-refractivity contribution is 0.0530. The van der Waals surface area contributed by atoms with E-state index in [-0.39, 0.29) is 6.10 Å². The maximum absolute atomic E-state index is 5.81. The molecule has 1 aliphatic heterocycles. The first-order valence-electron chi connectivity index (χ1n) is 5.70. The van der Waals surface area contributed by atoms with Crippen molar-refractivity contribution >= 4 is 17.3 Å². The Labute approximate surface area is 99.0 Å². The lowest BCUT2D eigenvalue weighted by Gasteiger charge is -2.32. The summed E-state index contributed by atoms with van der Waals surface area (Å²) in [7, 11) is 0. The van der Waals surface area contributed by atoms with E-state index in [1.165, 1.54) is 0 Å². The molecule has 6 nitrogen and oxygen atoms in total. The van der Waals surface area contributed by atoms with Gasteiger partial charge in [-0.1, -0.05) is 0 Å². The minimum absolute atomic E-state index is 0.210. The van der Waals surface area contributed by atoms with Crippen molar-refractivity contribution in [3.05, 3.63) is 18.6 Å². The zero-order valence-corrected chi connectivity index (χ0v) is 9.71. The van der Waals surface area contributed by atoms with Gasteiger partial charge >= 0.3 is 0 Å². The Morgan fingerprint density at radius 1 is 1.53 bits per heavy atom. The van der Waals surface area contributed by atoms with Crippen LogP contribution in [0.4, 0.5) is 11.6 Å². The molecule has 0 radical (unpaired) electrons. The highest BCUT2D eigenvalue weighted by Crippen LogP contribution is 2.21. The number of morpholine rings is 1. The number of rotatable bonds is 1. The van der Waals surface area contributed by atoms with E-state index in [0.29, 0.717) is 12.4 Å². The molecule has 1 saturated heterocycles. The second-order valence-corrected chi connectivity index (χ2v) is 4.27. The normalized spacial score (nSPS) is 21.0. The minimum atomic E-state index is 0.210. The predicted octanol–water partition coefficient (Wildman–Crippen LogP) is 0.537. The van der Waals surface area contributed by atoms with E-state index in [1.807, 2.05) is 10.6 Å². The van der Waals surface area contributed by atoms with Gasteiger partial charge < -0.3 is 19.8 Å². The molecule has 2 aromatic heterocycles. The van der Waals surface area contributed by atoms with Crippen LogP contribution in [0.5, 0.6) is 0 Å². The van der Waals surface area contributed by atoms with Crippen LogP contribution in [0.15, 0.2) is 18.6 Å². The predicted molar refractivity (Wildman–Crippen MR) is 65.0 cm³/mol. The molecule has 3 rings (SSSR count). The Kier molecular flexibility index (Phi) is 2.36. The highest BCUT2D eigenvalue weighted by molar-refractivity contribution is 5.66. The molecule has 2 aromatic rings. The van der Waals surface area contributed by atoms with Gasteiger partial charge in [0.2, 0.25) is 0 Å². The quantitative estimate of drug-likeness (QED) is 0.778. The van der Waals surface area contributed by atoms with Crippen molar-refractivity contribution in [1.29, 1.82) is 0 Å². The van der Waals surface area contributed by atoms with Crippen LogP contribution in [0, 0.1) is 0 Å². The molecule has 0 saturated carbocycles. The summed E-state index contributed by atoms with van der Waals surface area (Å²) in [5, 5.41) is 0. The van der Waals surface area contributed by atoms with Crippen molar-refractivity contribution in [1.82, 2.24) is 14.4 Å². The van der Waals surface area contributed by atoms with Crippen LogP contribution < -0.4 is 10.6 Å². The number of imidazole rings is 1. The first kappa shape index (κ1) is 10.3. The highest BCUT2D eigenvalue weighted by Gasteiger charge is 2.21. The van der Waals surface area contributed by atoms with Gasteiger partial charge in [0.05, 0.1) is 18.9 Å². The number of hydrogen-bond donors (Lipinski definition) is 1. The summed E-state index contributed by atoms with van der Waals surface area (Å²) < 4.78 is 7.43. The van der Waals surface area contributed by atoms with Crippen molar-refractivity contribution in [2.45, 2.75) is 13.0 Å². The Morgan fingerprint density at radius 2 is 2.41 bits per heavy atom. The molecule has 0 unspecified atom stereocenters. The van der Waals surface area contributed by atoms with Gasteiger partial charge in [-0.2, -0.15) is 0 Å². The second kappa shape index (κ2) is 3.89. The Bertz CT molecular complexity index is 538. The van der Waals surface area contributed by atoms with E-state index in [2.05, 4.69) is 21.8 Å². The zero-order chi connectivity index (χ0) is 11.8. The molecule has 0 aliphatic carbocycles. The summed E-state index contributed by atoms with van der Waals surface area (Å²) in [5.74, 6) is 1.34. The van der Waals surface area contributed by atoms with Gasteiger partial charge in [-0.15, -0.1) is 0 Å². The third kappa shape index (κ3) is 1.80. The van der Waals surface area contributed by atoms with Gasteiger partial charge in [0.25, 0.3) is 0 Å². The fourth-order valence-corrected chi connectivity index (χ4v) is 2.16. The topological polar surface area (TPSA) is 68.7 Å². The fourth-order valence-electron chi connectivity index (χ4n) is 2.16. The van der Waals surface area contributed by atoms with Gasteiger partial charge in [-0.3, -0.25) is 0 Å². The van der Waals surface area contributed by atoms with Crippen molar-refractivity contribution in [3.8, 4) is 0 Å². The number of nitrogen functional groups attached to an aromatic ring is 1. The number of nitrogens with zero attached hydrogens (tertiary/aromatic N) is 4. The summed E-state index contributed by atoms with van der Waals surface area (Å²) in [6.07, 6.45) is 5.61. The Hall–Kier alpha value is -1.82. The SMILES string of the molecule is C[C@@H]1CN(c2nc(N)cn3ccnc23)CCO1. The number of anilines is 2. The monoisotopic (exact) mass is 233 g/mol. The van der Waals surface area contributed by atoms with Gasteiger partial charge in [0, 0.05) is 25.5 Å². The third-order valence-corrected chi connectivity index (χ3v) is 2.92. The molecule has 6 heteroatoms. The Morgan fingerprint density at radius 3 is 3.24 bits per heavy atom. The molecule has 3 heterocycles. The number of nitrogens with two attached hydrogens (primary N) is 1. The van der Waals surface area contributed by atoms with Gasteiger partial charge in [-0.05, 0) is 6.92 Å². The van der Waals surface area contributed by atoms with Crippen LogP contribution in [0.3, 0.4) is 0 Å². The number of aromatic nitrogens is 3. The lowest BCUT2D eigenvalue weighted by Crippen LogP contribution is -2.41. The van der Waals surface area contributed by atoms with Crippen LogP contribution >= 0.6 is 0 Å². The molecular weight excluding hydrogens is 218 g/mol. The number of ether oxygens (including phenoxy) is 1. The first-order valence-corrected chi connectivity index (χ1v) is 5.70. The molecule has 0 bridgehead atoms. The molecule has 0 spiro atoms. The lowest BCUT2D eigenvalue weighted by atomic mass is 10.3. The number of hydrogen-bond acceptors (Lipinski definition) is 5. The average Bonchev–Trinajstić information content (AvgIpc) is 2.75.